The van der Waals surface area contributed by atoms with Crippen molar-refractivity contribution < 1.29 is 0 Å². The van der Waals surface area contributed by atoms with Crippen molar-refractivity contribution in [2.24, 2.45) is 0 Å². The highest BCUT2D eigenvalue weighted by molar-refractivity contribution is 6.45. The normalized spacial score (nSPS) is 11.9. The van der Waals surface area contributed by atoms with E-state index in [4.69, 9.17) is 0 Å². The molecule has 0 spiro atoms. The third-order valence-electron chi connectivity index (χ3n) is 14.3. The second kappa shape index (κ2) is 14.5. The summed E-state index contributed by atoms with van der Waals surface area (Å²) >= 11 is 0. The van der Waals surface area contributed by atoms with E-state index in [1.807, 2.05) is 0 Å². The van der Waals surface area contributed by atoms with Crippen LogP contribution in [0.5, 0.6) is 0 Å². The molecule has 0 fully saturated rings. The van der Waals surface area contributed by atoms with Gasteiger partial charge in [-0.2, -0.15) is 0 Å². The summed E-state index contributed by atoms with van der Waals surface area (Å²) in [6.07, 6.45) is 0. The molecular formula is C66H40. The van der Waals surface area contributed by atoms with Crippen molar-refractivity contribution in [3.8, 4) is 55.6 Å². The Bertz CT molecular complexity index is 4130. The van der Waals surface area contributed by atoms with E-state index in [2.05, 4.69) is 243 Å². The Balaban J connectivity index is 1.17. The van der Waals surface area contributed by atoms with Crippen LogP contribution in [0.25, 0.3) is 142 Å². The van der Waals surface area contributed by atoms with E-state index in [1.165, 1.54) is 142 Å². The fourth-order valence-corrected chi connectivity index (χ4v) is 11.4. The van der Waals surface area contributed by atoms with E-state index in [-0.39, 0.29) is 0 Å². The molecule has 0 heterocycles. The van der Waals surface area contributed by atoms with Crippen molar-refractivity contribution in [2.45, 2.75) is 0 Å². The Morgan fingerprint density at radius 1 is 0.152 bits per heavy atom. The predicted octanol–water partition coefficient (Wildman–Crippen LogP) is 18.7. The predicted molar refractivity (Wildman–Crippen MR) is 285 cm³/mol. The van der Waals surface area contributed by atoms with Gasteiger partial charge in [-0.25, -0.2) is 0 Å². The van der Waals surface area contributed by atoms with Crippen molar-refractivity contribution in [1.29, 1.82) is 0 Å². The third-order valence-corrected chi connectivity index (χ3v) is 14.3. The highest BCUT2D eigenvalue weighted by Crippen LogP contribution is 2.52. The zero-order chi connectivity index (χ0) is 43.3. The molecule has 0 atom stereocenters. The van der Waals surface area contributed by atoms with E-state index in [1.54, 1.807) is 0 Å². The summed E-state index contributed by atoms with van der Waals surface area (Å²) in [4.78, 5) is 0. The van der Waals surface area contributed by atoms with Crippen LogP contribution in [0.1, 0.15) is 0 Å². The van der Waals surface area contributed by atoms with Gasteiger partial charge >= 0.3 is 0 Å². The van der Waals surface area contributed by atoms with E-state index >= 15 is 0 Å². The second-order valence-electron chi connectivity index (χ2n) is 17.9. The van der Waals surface area contributed by atoms with Gasteiger partial charge < -0.3 is 0 Å². The molecule has 0 heteroatoms. The molecule has 0 nitrogen and oxygen atoms in total. The Kier molecular flexibility index (Phi) is 8.08. The molecule has 14 rings (SSSR count). The molecular weight excluding hydrogens is 793 g/mol. The van der Waals surface area contributed by atoms with Crippen molar-refractivity contribution in [3.05, 3.63) is 243 Å². The maximum absolute atomic E-state index is 2.46. The maximum Gasteiger partial charge on any atom is -0.000741 e. The lowest BCUT2D eigenvalue weighted by molar-refractivity contribution is 1.64. The van der Waals surface area contributed by atoms with Gasteiger partial charge in [0.2, 0.25) is 0 Å². The van der Waals surface area contributed by atoms with Gasteiger partial charge in [-0.05, 0) is 184 Å². The molecule has 0 radical (unpaired) electrons. The van der Waals surface area contributed by atoms with Crippen LogP contribution < -0.4 is 0 Å². The molecule has 14 aromatic rings. The van der Waals surface area contributed by atoms with Gasteiger partial charge in [-0.15, -0.1) is 0 Å². The SMILES string of the molecule is c1ccc(-c2ccc3c(-c4c5ccccc5c5c6c4cccc6c4cc(-c6ccccc6)cc6cc7cc(-c8ccccc8)ccc7c5c64)c4ccc(-c5ccccc5)cc4cc3c2)cc1. The highest BCUT2D eigenvalue weighted by atomic mass is 14.3. The van der Waals surface area contributed by atoms with Crippen LogP contribution in [0.3, 0.4) is 0 Å². The van der Waals surface area contributed by atoms with Gasteiger partial charge in [0.1, 0.15) is 0 Å². The number of hydrogen-bond donors (Lipinski definition) is 0. The summed E-state index contributed by atoms with van der Waals surface area (Å²) in [7, 11) is 0. The van der Waals surface area contributed by atoms with E-state index in [0.717, 1.165) is 0 Å². The average molecular weight is 833 g/mol. The fourth-order valence-electron chi connectivity index (χ4n) is 11.4. The van der Waals surface area contributed by atoms with Crippen LogP contribution in [0.4, 0.5) is 0 Å². The molecule has 0 amide bonds. The van der Waals surface area contributed by atoms with Crippen LogP contribution in [0.15, 0.2) is 243 Å². The lowest BCUT2D eigenvalue weighted by atomic mass is 9.79. The number of fused-ring (bicyclic) bond motifs is 8. The summed E-state index contributed by atoms with van der Waals surface area (Å²) in [5.41, 5.74) is 12.3. The topological polar surface area (TPSA) is 0 Å². The standard InChI is InChI=1S/C66H40/c1-5-16-41(17-6-1)45-28-31-53-49(34-45)38-50-35-46(42-18-7-2-8-19-42)29-32-54(50)62(53)63-56-24-13-14-25-57(56)66-64-58(26-15-27-59(63)64)60-40-48(44-22-11-4-12-23-44)37-52-39-51-36-47(43-20-9-3-10-21-43)30-33-55(51)65(66)61(52)60/h1-40H. The molecule has 14 aromatic carbocycles. The monoisotopic (exact) mass is 832 g/mol. The molecule has 0 unspecified atom stereocenters. The van der Waals surface area contributed by atoms with Gasteiger partial charge in [0.25, 0.3) is 0 Å². The van der Waals surface area contributed by atoms with Crippen molar-refractivity contribution in [3.63, 3.8) is 0 Å². The maximum atomic E-state index is 2.46. The minimum atomic E-state index is 1.22. The number of benzene rings is 14. The molecule has 0 aliphatic carbocycles. The summed E-state index contributed by atoms with van der Waals surface area (Å²) < 4.78 is 0. The first-order chi connectivity index (χ1) is 32.7. The molecule has 0 aromatic heterocycles. The molecule has 0 saturated carbocycles. The van der Waals surface area contributed by atoms with Gasteiger partial charge in [-0.3, -0.25) is 0 Å². The van der Waals surface area contributed by atoms with Gasteiger partial charge in [0, 0.05) is 0 Å². The Morgan fingerprint density at radius 2 is 0.530 bits per heavy atom. The Labute approximate surface area is 382 Å². The third kappa shape index (κ3) is 5.59. The summed E-state index contributed by atoms with van der Waals surface area (Å²) in [5.74, 6) is 0. The first-order valence-corrected chi connectivity index (χ1v) is 23.0. The van der Waals surface area contributed by atoms with Crippen molar-refractivity contribution >= 4 is 86.2 Å². The molecule has 0 aliphatic rings. The Morgan fingerprint density at radius 3 is 1.09 bits per heavy atom. The van der Waals surface area contributed by atoms with Crippen LogP contribution >= 0.6 is 0 Å². The van der Waals surface area contributed by atoms with Crippen molar-refractivity contribution in [1.82, 2.24) is 0 Å². The highest BCUT2D eigenvalue weighted by Gasteiger charge is 2.24. The first kappa shape index (κ1) is 36.9. The van der Waals surface area contributed by atoms with Gasteiger partial charge in [0.15, 0.2) is 0 Å². The van der Waals surface area contributed by atoms with Crippen LogP contribution in [-0.4, -0.2) is 0 Å². The zero-order valence-corrected chi connectivity index (χ0v) is 36.1. The lowest BCUT2D eigenvalue weighted by Gasteiger charge is -2.23. The van der Waals surface area contributed by atoms with Gasteiger partial charge in [-0.1, -0.05) is 200 Å². The first-order valence-electron chi connectivity index (χ1n) is 23.0. The van der Waals surface area contributed by atoms with Gasteiger partial charge in [0.05, 0.1) is 0 Å². The smallest absolute Gasteiger partial charge is 0.000741 e. The second-order valence-corrected chi connectivity index (χ2v) is 17.9. The average Bonchev–Trinajstić information content (AvgIpc) is 3.39. The summed E-state index contributed by atoms with van der Waals surface area (Å²) in [6, 6.07) is 90.5. The van der Waals surface area contributed by atoms with E-state index in [0.29, 0.717) is 0 Å². The molecule has 66 heavy (non-hydrogen) atoms. The van der Waals surface area contributed by atoms with E-state index < -0.39 is 0 Å². The van der Waals surface area contributed by atoms with Crippen molar-refractivity contribution in [2.75, 3.05) is 0 Å². The van der Waals surface area contributed by atoms with Crippen LogP contribution in [-0.2, 0) is 0 Å². The fraction of sp³-hybridized carbons (Fsp3) is 0. The minimum absolute atomic E-state index is 1.22. The largest absolute Gasteiger partial charge is 0.0622 e. The summed E-state index contributed by atoms with van der Waals surface area (Å²) in [6.45, 7) is 0. The van der Waals surface area contributed by atoms with Crippen LogP contribution in [0, 0.1) is 0 Å². The molecule has 0 bridgehead atoms. The quantitative estimate of drug-likeness (QED) is 0.120. The zero-order valence-electron chi connectivity index (χ0n) is 36.1. The number of hydrogen-bond acceptors (Lipinski definition) is 0. The molecule has 0 N–H and O–H groups in total. The summed E-state index contributed by atoms with van der Waals surface area (Å²) in [5, 5.41) is 20.4. The van der Waals surface area contributed by atoms with Crippen LogP contribution in [0.2, 0.25) is 0 Å². The molecule has 0 aliphatic heterocycles. The van der Waals surface area contributed by atoms with E-state index in [9.17, 15) is 0 Å². The molecule has 304 valence electrons. The lowest BCUT2D eigenvalue weighted by Crippen LogP contribution is -1.95. The Hall–Kier alpha value is -8.58. The minimum Gasteiger partial charge on any atom is -0.0622 e. The number of rotatable bonds is 5. The molecule has 0 saturated heterocycles.